The second kappa shape index (κ2) is 5.85. The molecule has 1 aliphatic rings. The molecule has 2 heteroatoms. The zero-order valence-corrected chi connectivity index (χ0v) is 11.5. The van der Waals surface area contributed by atoms with Gasteiger partial charge in [-0.1, -0.05) is 37.5 Å². The van der Waals surface area contributed by atoms with Crippen molar-refractivity contribution >= 4 is 0 Å². The monoisotopic (exact) mass is 247 g/mol. The van der Waals surface area contributed by atoms with Crippen LogP contribution in [0, 0.1) is 19.8 Å². The molecule has 0 amide bonds. The molecule has 2 atom stereocenters. The summed E-state index contributed by atoms with van der Waals surface area (Å²) in [5.41, 5.74) is 9.86. The lowest BCUT2D eigenvalue weighted by Crippen LogP contribution is -2.34. The molecule has 0 heterocycles. The summed E-state index contributed by atoms with van der Waals surface area (Å²) in [4.78, 5) is 0. The topological polar surface area (TPSA) is 46.2 Å². The summed E-state index contributed by atoms with van der Waals surface area (Å²) in [6.45, 7) is 4.19. The summed E-state index contributed by atoms with van der Waals surface area (Å²) in [6.07, 6.45) is 5.63. The quantitative estimate of drug-likeness (QED) is 0.861. The molecule has 1 aliphatic carbocycles. The van der Waals surface area contributed by atoms with Gasteiger partial charge in [-0.05, 0) is 49.3 Å². The van der Waals surface area contributed by atoms with E-state index in [1.54, 1.807) is 0 Å². The normalized spacial score (nSPS) is 20.7. The van der Waals surface area contributed by atoms with E-state index in [0.29, 0.717) is 5.92 Å². The Balaban J connectivity index is 2.14. The van der Waals surface area contributed by atoms with E-state index in [0.717, 1.165) is 18.4 Å². The zero-order valence-electron chi connectivity index (χ0n) is 11.5. The van der Waals surface area contributed by atoms with E-state index < -0.39 is 6.10 Å². The highest BCUT2D eigenvalue weighted by Crippen LogP contribution is 2.32. The van der Waals surface area contributed by atoms with Crippen LogP contribution in [0.3, 0.4) is 0 Å². The van der Waals surface area contributed by atoms with E-state index in [9.17, 15) is 5.11 Å². The van der Waals surface area contributed by atoms with Crippen LogP contribution < -0.4 is 5.73 Å². The number of aliphatic hydroxyl groups is 1. The standard InChI is InChI=1S/C16H25NO/c1-11-7-6-10-14(12(11)2)15(17)16(18)13-8-4-3-5-9-13/h6-7,10,13,15-16,18H,3-5,8-9,17H2,1-2H3/t15-,16+/m1/s1. The molecule has 0 aliphatic heterocycles. The van der Waals surface area contributed by atoms with E-state index in [2.05, 4.69) is 26.0 Å². The van der Waals surface area contributed by atoms with Gasteiger partial charge < -0.3 is 10.8 Å². The number of hydrogen-bond acceptors (Lipinski definition) is 2. The lowest BCUT2D eigenvalue weighted by atomic mass is 9.80. The van der Waals surface area contributed by atoms with Gasteiger partial charge in [-0.2, -0.15) is 0 Å². The van der Waals surface area contributed by atoms with Crippen molar-refractivity contribution in [2.45, 2.75) is 58.1 Å². The van der Waals surface area contributed by atoms with E-state index in [4.69, 9.17) is 5.73 Å². The van der Waals surface area contributed by atoms with Gasteiger partial charge >= 0.3 is 0 Å². The van der Waals surface area contributed by atoms with Gasteiger partial charge in [0.1, 0.15) is 0 Å². The van der Waals surface area contributed by atoms with Gasteiger partial charge in [0.25, 0.3) is 0 Å². The smallest absolute Gasteiger partial charge is 0.0760 e. The molecule has 0 radical (unpaired) electrons. The van der Waals surface area contributed by atoms with Gasteiger partial charge in [0.05, 0.1) is 12.1 Å². The van der Waals surface area contributed by atoms with Crippen molar-refractivity contribution in [1.29, 1.82) is 0 Å². The van der Waals surface area contributed by atoms with Crippen LogP contribution in [0.15, 0.2) is 18.2 Å². The van der Waals surface area contributed by atoms with Crippen molar-refractivity contribution in [2.75, 3.05) is 0 Å². The summed E-state index contributed by atoms with van der Waals surface area (Å²) >= 11 is 0. The molecule has 0 bridgehead atoms. The number of aryl methyl sites for hydroxylation is 1. The molecule has 2 nitrogen and oxygen atoms in total. The highest BCUT2D eigenvalue weighted by molar-refractivity contribution is 5.35. The maximum absolute atomic E-state index is 10.5. The third-order valence-corrected chi connectivity index (χ3v) is 4.51. The maximum Gasteiger partial charge on any atom is 0.0760 e. The Labute approximate surface area is 110 Å². The summed E-state index contributed by atoms with van der Waals surface area (Å²) in [6, 6.07) is 5.94. The van der Waals surface area contributed by atoms with Crippen LogP contribution in [0.1, 0.15) is 54.8 Å². The van der Waals surface area contributed by atoms with Crippen molar-refractivity contribution in [3.63, 3.8) is 0 Å². The van der Waals surface area contributed by atoms with Crippen molar-refractivity contribution in [3.8, 4) is 0 Å². The SMILES string of the molecule is Cc1cccc([C@@H](N)[C@@H](O)C2CCCCC2)c1C. The number of hydrogen-bond donors (Lipinski definition) is 2. The minimum Gasteiger partial charge on any atom is -0.391 e. The van der Waals surface area contributed by atoms with Crippen LogP contribution in [0.5, 0.6) is 0 Å². The van der Waals surface area contributed by atoms with Crippen LogP contribution in [-0.4, -0.2) is 11.2 Å². The molecule has 100 valence electrons. The average Bonchev–Trinajstić information content (AvgIpc) is 2.41. The first-order valence-electron chi connectivity index (χ1n) is 7.11. The third kappa shape index (κ3) is 2.76. The fraction of sp³-hybridized carbons (Fsp3) is 0.625. The molecular formula is C16H25NO. The lowest BCUT2D eigenvalue weighted by Gasteiger charge is -2.31. The third-order valence-electron chi connectivity index (χ3n) is 4.51. The molecule has 0 unspecified atom stereocenters. The molecule has 0 saturated heterocycles. The average molecular weight is 247 g/mol. The summed E-state index contributed by atoms with van der Waals surface area (Å²) in [5, 5.41) is 10.5. The molecule has 0 spiro atoms. The van der Waals surface area contributed by atoms with Gasteiger partial charge in [-0.25, -0.2) is 0 Å². The molecular weight excluding hydrogens is 222 g/mol. The van der Waals surface area contributed by atoms with Crippen molar-refractivity contribution < 1.29 is 5.11 Å². The molecule has 3 N–H and O–H groups in total. The molecule has 2 rings (SSSR count). The summed E-state index contributed by atoms with van der Waals surface area (Å²) in [5.74, 6) is 0.383. The van der Waals surface area contributed by atoms with Crippen LogP contribution in [0.2, 0.25) is 0 Å². The van der Waals surface area contributed by atoms with Crippen LogP contribution in [0.25, 0.3) is 0 Å². The van der Waals surface area contributed by atoms with Gasteiger partial charge in [-0.15, -0.1) is 0 Å². The lowest BCUT2D eigenvalue weighted by molar-refractivity contribution is 0.0616. The Bertz CT molecular complexity index is 396. The second-order valence-corrected chi connectivity index (χ2v) is 5.70. The number of benzene rings is 1. The first kappa shape index (κ1) is 13.6. The maximum atomic E-state index is 10.5. The van der Waals surface area contributed by atoms with Crippen LogP contribution in [0.4, 0.5) is 0 Å². The largest absolute Gasteiger partial charge is 0.391 e. The second-order valence-electron chi connectivity index (χ2n) is 5.70. The van der Waals surface area contributed by atoms with E-state index in [1.807, 2.05) is 6.07 Å². The minimum absolute atomic E-state index is 0.243. The van der Waals surface area contributed by atoms with Crippen molar-refractivity contribution in [1.82, 2.24) is 0 Å². The Morgan fingerprint density at radius 1 is 1.17 bits per heavy atom. The van der Waals surface area contributed by atoms with E-state index in [-0.39, 0.29) is 6.04 Å². The van der Waals surface area contributed by atoms with E-state index in [1.165, 1.54) is 30.4 Å². The highest BCUT2D eigenvalue weighted by atomic mass is 16.3. The Kier molecular flexibility index (Phi) is 4.41. The number of nitrogens with two attached hydrogens (primary N) is 1. The molecule has 0 aromatic heterocycles. The highest BCUT2D eigenvalue weighted by Gasteiger charge is 2.28. The Hall–Kier alpha value is -0.860. The number of rotatable bonds is 3. The van der Waals surface area contributed by atoms with Gasteiger partial charge in [0, 0.05) is 0 Å². The fourth-order valence-corrected chi connectivity index (χ4v) is 3.09. The van der Waals surface area contributed by atoms with Crippen LogP contribution in [-0.2, 0) is 0 Å². The molecule has 1 aromatic carbocycles. The van der Waals surface area contributed by atoms with Gasteiger partial charge in [-0.3, -0.25) is 0 Å². The van der Waals surface area contributed by atoms with Gasteiger partial charge in [0.15, 0.2) is 0 Å². The number of aliphatic hydroxyl groups excluding tert-OH is 1. The zero-order chi connectivity index (χ0) is 13.1. The molecule has 18 heavy (non-hydrogen) atoms. The predicted molar refractivity (Wildman–Crippen MR) is 75.4 cm³/mol. The van der Waals surface area contributed by atoms with Crippen LogP contribution >= 0.6 is 0 Å². The van der Waals surface area contributed by atoms with Crippen molar-refractivity contribution in [2.24, 2.45) is 11.7 Å². The first-order chi connectivity index (χ1) is 8.61. The predicted octanol–water partition coefficient (Wildman–Crippen LogP) is 3.24. The summed E-state index contributed by atoms with van der Waals surface area (Å²) in [7, 11) is 0. The minimum atomic E-state index is -0.397. The first-order valence-corrected chi connectivity index (χ1v) is 7.11. The van der Waals surface area contributed by atoms with Crippen molar-refractivity contribution in [3.05, 3.63) is 34.9 Å². The Morgan fingerprint density at radius 3 is 2.50 bits per heavy atom. The fourth-order valence-electron chi connectivity index (χ4n) is 3.09. The molecule has 1 saturated carbocycles. The van der Waals surface area contributed by atoms with E-state index >= 15 is 0 Å². The molecule has 1 fully saturated rings. The van der Waals surface area contributed by atoms with Gasteiger partial charge in [0.2, 0.25) is 0 Å². The summed E-state index contributed by atoms with van der Waals surface area (Å²) < 4.78 is 0. The Morgan fingerprint density at radius 2 is 1.83 bits per heavy atom. The molecule has 1 aromatic rings.